The van der Waals surface area contributed by atoms with Gasteiger partial charge in [-0.3, -0.25) is 0 Å². The molecule has 0 spiro atoms. The molecule has 0 saturated carbocycles. The molecular formula is C54H38N2. The zero-order valence-corrected chi connectivity index (χ0v) is 30.8. The quantitative estimate of drug-likeness (QED) is 0.152. The van der Waals surface area contributed by atoms with E-state index in [1.807, 2.05) is 0 Å². The van der Waals surface area contributed by atoms with Crippen LogP contribution in [-0.2, 0) is 0 Å². The summed E-state index contributed by atoms with van der Waals surface area (Å²) in [6, 6.07) is 83.0. The Bertz CT molecular complexity index is 2930. The first-order chi connectivity index (χ1) is 27.8. The van der Waals surface area contributed by atoms with Crippen molar-refractivity contribution < 1.29 is 0 Å². The second-order valence-electron chi connectivity index (χ2n) is 14.1. The monoisotopic (exact) mass is 714 g/mol. The van der Waals surface area contributed by atoms with Crippen LogP contribution in [0.4, 0.5) is 17.1 Å². The molecule has 1 aromatic heterocycles. The minimum Gasteiger partial charge on any atom is -0.310 e. The van der Waals surface area contributed by atoms with Gasteiger partial charge >= 0.3 is 0 Å². The summed E-state index contributed by atoms with van der Waals surface area (Å²) in [5.74, 6) is 0. The van der Waals surface area contributed by atoms with Crippen molar-refractivity contribution in [3.05, 3.63) is 231 Å². The summed E-state index contributed by atoms with van der Waals surface area (Å²) in [6.45, 7) is 0. The molecule has 0 amide bonds. The van der Waals surface area contributed by atoms with Gasteiger partial charge in [0, 0.05) is 39.0 Å². The first-order valence-electron chi connectivity index (χ1n) is 19.2. The summed E-state index contributed by atoms with van der Waals surface area (Å²) in [5, 5.41) is 2.50. The molecule has 0 radical (unpaired) electrons. The van der Waals surface area contributed by atoms with Crippen LogP contribution in [0.1, 0.15) is 0 Å². The Morgan fingerprint density at radius 3 is 1.50 bits per heavy atom. The van der Waals surface area contributed by atoms with Crippen LogP contribution in [0.25, 0.3) is 72.0 Å². The number of anilines is 3. The van der Waals surface area contributed by atoms with Gasteiger partial charge in [-0.15, -0.1) is 0 Å². The molecule has 56 heavy (non-hydrogen) atoms. The van der Waals surface area contributed by atoms with Crippen molar-refractivity contribution in [1.29, 1.82) is 0 Å². The van der Waals surface area contributed by atoms with Crippen LogP contribution < -0.4 is 4.90 Å². The van der Waals surface area contributed by atoms with Gasteiger partial charge in [0.2, 0.25) is 0 Å². The third-order valence-electron chi connectivity index (χ3n) is 10.8. The van der Waals surface area contributed by atoms with Crippen LogP contribution >= 0.6 is 0 Å². The predicted molar refractivity (Wildman–Crippen MR) is 237 cm³/mol. The Balaban J connectivity index is 1.18. The fourth-order valence-corrected chi connectivity index (χ4v) is 8.33. The Morgan fingerprint density at radius 1 is 0.304 bits per heavy atom. The molecule has 0 aliphatic heterocycles. The summed E-state index contributed by atoms with van der Waals surface area (Å²) >= 11 is 0. The Hall–Kier alpha value is -7.42. The van der Waals surface area contributed by atoms with E-state index in [1.165, 1.54) is 66.3 Å². The molecule has 0 unspecified atom stereocenters. The van der Waals surface area contributed by atoms with Crippen LogP contribution in [-0.4, -0.2) is 4.57 Å². The van der Waals surface area contributed by atoms with Crippen LogP contribution in [0.3, 0.4) is 0 Å². The number of nitrogens with zero attached hydrogens (tertiary/aromatic N) is 2. The molecule has 10 aromatic rings. The third-order valence-corrected chi connectivity index (χ3v) is 10.8. The van der Waals surface area contributed by atoms with Crippen molar-refractivity contribution in [2.24, 2.45) is 0 Å². The largest absolute Gasteiger partial charge is 0.310 e. The van der Waals surface area contributed by atoms with Gasteiger partial charge in [-0.2, -0.15) is 0 Å². The van der Waals surface area contributed by atoms with Crippen molar-refractivity contribution in [2.45, 2.75) is 0 Å². The maximum atomic E-state index is 2.41. The number of benzene rings is 9. The van der Waals surface area contributed by atoms with Gasteiger partial charge in [0.15, 0.2) is 0 Å². The standard InChI is InChI=1S/C54H38N2/c1-5-19-39(20-6-1)45-27-13-14-29-49(45)53-46(40-21-7-2-8-22-40)30-18-34-52(53)55(42-23-9-3-10-24-42)44-37-35-41(36-38-44)47-31-17-32-50-48-28-15-16-33-51(48)56(54(47)50)43-25-11-4-12-26-43/h1-38H. The number of aromatic nitrogens is 1. The second-order valence-corrected chi connectivity index (χ2v) is 14.1. The van der Waals surface area contributed by atoms with Crippen LogP contribution in [0.2, 0.25) is 0 Å². The minimum atomic E-state index is 1.08. The van der Waals surface area contributed by atoms with Gasteiger partial charge < -0.3 is 9.47 Å². The molecule has 1 heterocycles. The fourth-order valence-electron chi connectivity index (χ4n) is 8.33. The molecule has 0 aliphatic rings. The number of hydrogen-bond donors (Lipinski definition) is 0. The molecule has 10 rings (SSSR count). The molecule has 0 atom stereocenters. The van der Waals surface area contributed by atoms with Gasteiger partial charge in [-0.1, -0.05) is 182 Å². The summed E-state index contributed by atoms with van der Waals surface area (Å²) in [7, 11) is 0. The first kappa shape index (κ1) is 33.2. The summed E-state index contributed by atoms with van der Waals surface area (Å²) in [5.41, 5.74) is 16.3. The summed E-state index contributed by atoms with van der Waals surface area (Å²) in [6.07, 6.45) is 0. The average Bonchev–Trinajstić information content (AvgIpc) is 3.63. The maximum absolute atomic E-state index is 2.41. The zero-order valence-electron chi connectivity index (χ0n) is 30.8. The molecule has 9 aromatic carbocycles. The van der Waals surface area contributed by atoms with Gasteiger partial charge in [0.25, 0.3) is 0 Å². The molecule has 264 valence electrons. The Morgan fingerprint density at radius 2 is 0.786 bits per heavy atom. The molecule has 0 bridgehead atoms. The average molecular weight is 715 g/mol. The van der Waals surface area contributed by atoms with Crippen molar-refractivity contribution in [2.75, 3.05) is 4.90 Å². The maximum Gasteiger partial charge on any atom is 0.0619 e. The van der Waals surface area contributed by atoms with Crippen LogP contribution in [0, 0.1) is 0 Å². The van der Waals surface area contributed by atoms with Crippen LogP contribution in [0.5, 0.6) is 0 Å². The Labute approximate surface area is 327 Å². The van der Waals surface area contributed by atoms with E-state index in [4.69, 9.17) is 0 Å². The molecule has 2 nitrogen and oxygen atoms in total. The normalized spacial score (nSPS) is 11.2. The zero-order chi connectivity index (χ0) is 37.3. The van der Waals surface area contributed by atoms with Crippen molar-refractivity contribution >= 4 is 38.9 Å². The highest BCUT2D eigenvalue weighted by atomic mass is 15.1. The van der Waals surface area contributed by atoms with Gasteiger partial charge in [0.05, 0.1) is 16.7 Å². The minimum absolute atomic E-state index is 1.08. The van der Waals surface area contributed by atoms with E-state index in [9.17, 15) is 0 Å². The number of rotatable bonds is 8. The van der Waals surface area contributed by atoms with E-state index < -0.39 is 0 Å². The lowest BCUT2D eigenvalue weighted by Crippen LogP contribution is -2.12. The fraction of sp³-hybridized carbons (Fsp3) is 0. The van der Waals surface area contributed by atoms with Crippen LogP contribution in [0.15, 0.2) is 231 Å². The molecule has 0 fully saturated rings. The lowest BCUT2D eigenvalue weighted by atomic mass is 9.87. The SMILES string of the molecule is c1ccc(-c2ccccc2-c2c(-c3ccccc3)cccc2N(c2ccccc2)c2ccc(-c3cccc4c5ccccc5n(-c5ccccc5)c34)cc2)cc1. The van der Waals surface area contributed by atoms with E-state index in [-0.39, 0.29) is 0 Å². The molecule has 0 N–H and O–H groups in total. The van der Waals surface area contributed by atoms with Gasteiger partial charge in [0.1, 0.15) is 0 Å². The third kappa shape index (κ3) is 5.85. The van der Waals surface area contributed by atoms with Gasteiger partial charge in [-0.25, -0.2) is 0 Å². The Kier molecular flexibility index (Phi) is 8.55. The first-order valence-corrected chi connectivity index (χ1v) is 19.2. The van der Waals surface area contributed by atoms with Crippen molar-refractivity contribution in [1.82, 2.24) is 4.57 Å². The van der Waals surface area contributed by atoms with E-state index >= 15 is 0 Å². The smallest absolute Gasteiger partial charge is 0.0619 e. The lowest BCUT2D eigenvalue weighted by molar-refractivity contribution is 1.18. The summed E-state index contributed by atoms with van der Waals surface area (Å²) in [4.78, 5) is 2.41. The lowest BCUT2D eigenvalue weighted by Gasteiger charge is -2.30. The topological polar surface area (TPSA) is 8.17 Å². The molecule has 0 aliphatic carbocycles. The highest BCUT2D eigenvalue weighted by molar-refractivity contribution is 6.14. The summed E-state index contributed by atoms with van der Waals surface area (Å²) < 4.78 is 2.41. The number of hydrogen-bond acceptors (Lipinski definition) is 1. The molecule has 2 heteroatoms. The van der Waals surface area contributed by atoms with Gasteiger partial charge in [-0.05, 0) is 81.9 Å². The van der Waals surface area contributed by atoms with Crippen molar-refractivity contribution in [3.63, 3.8) is 0 Å². The molecular weight excluding hydrogens is 677 g/mol. The number of fused-ring (bicyclic) bond motifs is 3. The number of para-hydroxylation sites is 4. The highest BCUT2D eigenvalue weighted by Gasteiger charge is 2.23. The second kappa shape index (κ2) is 14.4. The predicted octanol–water partition coefficient (Wildman–Crippen LogP) is 14.9. The highest BCUT2D eigenvalue weighted by Crippen LogP contribution is 2.48. The van der Waals surface area contributed by atoms with E-state index in [2.05, 4.69) is 240 Å². The van der Waals surface area contributed by atoms with E-state index in [1.54, 1.807) is 0 Å². The van der Waals surface area contributed by atoms with E-state index in [0.29, 0.717) is 0 Å². The van der Waals surface area contributed by atoms with Crippen molar-refractivity contribution in [3.8, 4) is 50.2 Å². The van der Waals surface area contributed by atoms with E-state index in [0.717, 1.165) is 22.7 Å². The molecule has 0 saturated heterocycles.